The molecule has 1 amide bonds. The van der Waals surface area contributed by atoms with Gasteiger partial charge in [0.1, 0.15) is 17.5 Å². The summed E-state index contributed by atoms with van der Waals surface area (Å²) in [5.41, 5.74) is 2.16. The van der Waals surface area contributed by atoms with E-state index < -0.39 is 0 Å². The van der Waals surface area contributed by atoms with Crippen molar-refractivity contribution in [3.63, 3.8) is 0 Å². The van der Waals surface area contributed by atoms with E-state index in [9.17, 15) is 13.6 Å². The van der Waals surface area contributed by atoms with Gasteiger partial charge in [-0.2, -0.15) is 0 Å². The van der Waals surface area contributed by atoms with E-state index >= 15 is 0 Å². The average Bonchev–Trinajstić information content (AvgIpc) is 2.61. The highest BCUT2D eigenvalue weighted by Crippen LogP contribution is 2.17. The molecule has 6 heteroatoms. The van der Waals surface area contributed by atoms with Gasteiger partial charge >= 0.3 is 0 Å². The first kappa shape index (κ1) is 16.6. The zero-order chi connectivity index (χ0) is 17.6. The van der Waals surface area contributed by atoms with Gasteiger partial charge in [0, 0.05) is 5.69 Å². The highest BCUT2D eigenvalue weighted by Gasteiger charge is 2.05. The summed E-state index contributed by atoms with van der Waals surface area (Å²) in [6, 6.07) is 15.1. The fraction of sp³-hybridized carbons (Fsp3) is 0.0526. The van der Waals surface area contributed by atoms with Gasteiger partial charge in [-0.3, -0.25) is 4.79 Å². The van der Waals surface area contributed by atoms with Gasteiger partial charge in [0.15, 0.2) is 0 Å². The van der Waals surface area contributed by atoms with Gasteiger partial charge in [0.25, 0.3) is 0 Å². The Balaban J connectivity index is 1.57. The number of carbonyl (C=O) groups excluding carboxylic acids is 1. The van der Waals surface area contributed by atoms with E-state index in [1.54, 1.807) is 42.6 Å². The van der Waals surface area contributed by atoms with Crippen molar-refractivity contribution in [1.82, 2.24) is 4.98 Å². The lowest BCUT2D eigenvalue weighted by atomic mass is 10.1. The summed E-state index contributed by atoms with van der Waals surface area (Å²) in [6.45, 7) is 0. The van der Waals surface area contributed by atoms with Crippen molar-refractivity contribution in [2.45, 2.75) is 6.42 Å². The van der Waals surface area contributed by atoms with Crippen LogP contribution in [-0.2, 0) is 11.2 Å². The Morgan fingerprint density at radius 1 is 0.840 bits per heavy atom. The van der Waals surface area contributed by atoms with Crippen LogP contribution in [0.1, 0.15) is 5.56 Å². The number of anilines is 3. The van der Waals surface area contributed by atoms with Crippen LogP contribution in [0, 0.1) is 11.6 Å². The predicted molar refractivity (Wildman–Crippen MR) is 92.7 cm³/mol. The van der Waals surface area contributed by atoms with Gasteiger partial charge in [-0.25, -0.2) is 13.8 Å². The number of rotatable bonds is 5. The number of halogens is 2. The lowest BCUT2D eigenvalue weighted by molar-refractivity contribution is -0.115. The number of amides is 1. The Bertz CT molecular complexity index is 847. The molecule has 0 aliphatic rings. The maximum Gasteiger partial charge on any atom is 0.229 e. The Hall–Kier alpha value is -3.28. The van der Waals surface area contributed by atoms with E-state index in [0.717, 1.165) is 5.69 Å². The molecule has 0 spiro atoms. The first-order chi connectivity index (χ1) is 12.1. The van der Waals surface area contributed by atoms with Gasteiger partial charge in [0.2, 0.25) is 5.91 Å². The number of nitrogens with one attached hydrogen (secondary N) is 2. The van der Waals surface area contributed by atoms with E-state index in [4.69, 9.17) is 0 Å². The lowest BCUT2D eigenvalue weighted by Crippen LogP contribution is -2.15. The van der Waals surface area contributed by atoms with E-state index in [1.165, 1.54) is 24.3 Å². The van der Waals surface area contributed by atoms with Crippen LogP contribution >= 0.6 is 0 Å². The number of hydrogen-bond donors (Lipinski definition) is 2. The predicted octanol–water partition coefficient (Wildman–Crippen LogP) is 4.28. The first-order valence-electron chi connectivity index (χ1n) is 7.61. The zero-order valence-corrected chi connectivity index (χ0v) is 13.2. The topological polar surface area (TPSA) is 54.0 Å². The van der Waals surface area contributed by atoms with Crippen LogP contribution in [0.15, 0.2) is 66.9 Å². The maximum absolute atomic E-state index is 12.9. The normalized spacial score (nSPS) is 10.3. The highest BCUT2D eigenvalue weighted by molar-refractivity contribution is 5.91. The van der Waals surface area contributed by atoms with Crippen LogP contribution < -0.4 is 10.6 Å². The molecule has 3 rings (SSSR count). The molecule has 1 heterocycles. The SMILES string of the molecule is O=C(Cc1ccc(F)cc1)Nc1ccc(Nc2ccc(F)cc2)cn1. The van der Waals surface area contributed by atoms with Crippen LogP contribution in [0.2, 0.25) is 0 Å². The van der Waals surface area contributed by atoms with Gasteiger partial charge in [0.05, 0.1) is 18.3 Å². The summed E-state index contributed by atoms with van der Waals surface area (Å²) in [4.78, 5) is 16.1. The second-order valence-corrected chi connectivity index (χ2v) is 5.42. The quantitative estimate of drug-likeness (QED) is 0.729. The summed E-state index contributed by atoms with van der Waals surface area (Å²) in [7, 11) is 0. The fourth-order valence-corrected chi connectivity index (χ4v) is 2.22. The molecular formula is C19H15F2N3O. The van der Waals surface area contributed by atoms with E-state index in [-0.39, 0.29) is 24.0 Å². The summed E-state index contributed by atoms with van der Waals surface area (Å²) in [5.74, 6) is -0.465. The molecule has 0 atom stereocenters. The van der Waals surface area contributed by atoms with Gasteiger partial charge in [-0.1, -0.05) is 12.1 Å². The first-order valence-corrected chi connectivity index (χ1v) is 7.61. The van der Waals surface area contributed by atoms with E-state index in [2.05, 4.69) is 15.6 Å². The van der Waals surface area contributed by atoms with Crippen molar-refractivity contribution in [3.05, 3.63) is 84.1 Å². The molecule has 2 aromatic carbocycles. The standard InChI is InChI=1S/C19H15F2N3O/c20-14-3-1-13(2-4-14)11-19(25)24-18-10-9-17(12-22-18)23-16-7-5-15(21)6-8-16/h1-10,12,23H,11H2,(H,22,24,25). The molecule has 0 saturated carbocycles. The summed E-state index contributed by atoms with van der Waals surface area (Å²) >= 11 is 0. The second-order valence-electron chi connectivity index (χ2n) is 5.42. The van der Waals surface area contributed by atoms with E-state index in [0.29, 0.717) is 17.1 Å². The summed E-state index contributed by atoms with van der Waals surface area (Å²) in [6.07, 6.45) is 1.70. The molecule has 0 fully saturated rings. The number of carbonyl (C=O) groups is 1. The van der Waals surface area contributed by atoms with Gasteiger partial charge in [-0.15, -0.1) is 0 Å². The van der Waals surface area contributed by atoms with Crippen molar-refractivity contribution in [3.8, 4) is 0 Å². The average molecular weight is 339 g/mol. The van der Waals surface area contributed by atoms with Gasteiger partial charge < -0.3 is 10.6 Å². The van der Waals surface area contributed by atoms with Crippen LogP contribution in [0.25, 0.3) is 0 Å². The molecule has 25 heavy (non-hydrogen) atoms. The molecular weight excluding hydrogens is 324 g/mol. The van der Waals surface area contributed by atoms with Crippen LogP contribution in [0.3, 0.4) is 0 Å². The largest absolute Gasteiger partial charge is 0.354 e. The smallest absolute Gasteiger partial charge is 0.229 e. The third-order valence-electron chi connectivity index (χ3n) is 3.44. The number of nitrogens with zero attached hydrogens (tertiary/aromatic N) is 1. The Morgan fingerprint density at radius 2 is 1.44 bits per heavy atom. The Kier molecular flexibility index (Phi) is 4.99. The molecule has 126 valence electrons. The molecule has 0 saturated heterocycles. The monoisotopic (exact) mass is 339 g/mol. The molecule has 0 aliphatic carbocycles. The number of pyridine rings is 1. The number of benzene rings is 2. The fourth-order valence-electron chi connectivity index (χ4n) is 2.22. The minimum atomic E-state index is -0.338. The molecule has 0 radical (unpaired) electrons. The zero-order valence-electron chi connectivity index (χ0n) is 13.2. The molecule has 2 N–H and O–H groups in total. The Morgan fingerprint density at radius 3 is 2.04 bits per heavy atom. The minimum absolute atomic E-state index is 0.136. The van der Waals surface area contributed by atoms with Crippen molar-refractivity contribution in [1.29, 1.82) is 0 Å². The summed E-state index contributed by atoms with van der Waals surface area (Å²) in [5, 5.41) is 5.76. The van der Waals surface area contributed by atoms with Crippen LogP contribution in [-0.4, -0.2) is 10.9 Å². The number of hydrogen-bond acceptors (Lipinski definition) is 3. The third kappa shape index (κ3) is 4.84. The molecule has 1 aromatic heterocycles. The molecule has 4 nitrogen and oxygen atoms in total. The van der Waals surface area contributed by atoms with Crippen molar-refractivity contribution in [2.75, 3.05) is 10.6 Å². The van der Waals surface area contributed by atoms with Crippen molar-refractivity contribution < 1.29 is 13.6 Å². The lowest BCUT2D eigenvalue weighted by Gasteiger charge is -2.08. The van der Waals surface area contributed by atoms with Crippen molar-refractivity contribution in [2.24, 2.45) is 0 Å². The molecule has 3 aromatic rings. The second kappa shape index (κ2) is 7.53. The summed E-state index contributed by atoms with van der Waals surface area (Å²) < 4.78 is 25.7. The minimum Gasteiger partial charge on any atom is -0.354 e. The van der Waals surface area contributed by atoms with Gasteiger partial charge in [-0.05, 0) is 54.1 Å². The third-order valence-corrected chi connectivity index (χ3v) is 3.44. The highest BCUT2D eigenvalue weighted by atomic mass is 19.1. The maximum atomic E-state index is 12.9. The van der Waals surface area contributed by atoms with Crippen LogP contribution in [0.5, 0.6) is 0 Å². The van der Waals surface area contributed by atoms with Crippen LogP contribution in [0.4, 0.5) is 26.0 Å². The Labute approximate surface area is 143 Å². The van der Waals surface area contributed by atoms with Crippen molar-refractivity contribution >= 4 is 23.1 Å². The molecule has 0 aliphatic heterocycles. The van der Waals surface area contributed by atoms with E-state index in [1.807, 2.05) is 0 Å². The molecule has 0 unspecified atom stereocenters. The number of aromatic nitrogens is 1. The molecule has 0 bridgehead atoms.